The number of aryl methyl sites for hydroxylation is 1. The number of hydrogen-bond acceptors (Lipinski definition) is 3. The van der Waals surface area contributed by atoms with Crippen molar-refractivity contribution >= 4 is 9.84 Å². The molecule has 0 aliphatic carbocycles. The summed E-state index contributed by atoms with van der Waals surface area (Å²) in [7, 11) is -3.08. The number of benzene rings is 1. The van der Waals surface area contributed by atoms with Gasteiger partial charge in [0.15, 0.2) is 9.84 Å². The molecule has 1 unspecified atom stereocenters. The third-order valence-corrected chi connectivity index (χ3v) is 5.14. The molecule has 17 heavy (non-hydrogen) atoms. The maximum atomic E-state index is 11.8. The van der Waals surface area contributed by atoms with E-state index in [1.807, 2.05) is 13.0 Å². The lowest BCUT2D eigenvalue weighted by Gasteiger charge is -2.18. The largest absolute Gasteiger partial charge is 0.224 e. The summed E-state index contributed by atoms with van der Waals surface area (Å²) in [6, 6.07) is 7.58. The number of hydrogen-bond donors (Lipinski definition) is 0. The zero-order valence-corrected chi connectivity index (χ0v) is 10.6. The Kier molecular flexibility index (Phi) is 3.21. The third kappa shape index (κ3) is 2.20. The van der Waals surface area contributed by atoms with Crippen LogP contribution in [0.3, 0.4) is 0 Å². The lowest BCUT2D eigenvalue weighted by Crippen LogP contribution is -2.16. The number of fused-ring (bicyclic) bond motifs is 1. The molecule has 0 aromatic heterocycles. The second kappa shape index (κ2) is 4.50. The normalized spacial score (nSPS) is 19.1. The first-order chi connectivity index (χ1) is 8.08. The van der Waals surface area contributed by atoms with E-state index in [4.69, 9.17) is 5.26 Å². The monoisotopic (exact) mass is 249 g/mol. The van der Waals surface area contributed by atoms with Gasteiger partial charge in [0, 0.05) is 0 Å². The Morgan fingerprint density at radius 1 is 1.47 bits per heavy atom. The summed E-state index contributed by atoms with van der Waals surface area (Å²) >= 11 is 0. The maximum absolute atomic E-state index is 11.8. The van der Waals surface area contributed by atoms with Crippen LogP contribution in [0, 0.1) is 11.3 Å². The first-order valence-corrected chi connectivity index (χ1v) is 7.49. The Morgan fingerprint density at radius 3 is 2.88 bits per heavy atom. The van der Waals surface area contributed by atoms with E-state index < -0.39 is 9.84 Å². The third-order valence-electron chi connectivity index (χ3n) is 3.25. The molecular formula is C13H15NO2S. The Balaban J connectivity index is 2.49. The molecule has 1 aromatic carbocycles. The Bertz CT molecular complexity index is 570. The van der Waals surface area contributed by atoms with Crippen LogP contribution < -0.4 is 0 Å². The van der Waals surface area contributed by atoms with Crippen LogP contribution in [-0.2, 0) is 16.3 Å². The lowest BCUT2D eigenvalue weighted by molar-refractivity contribution is 0.586. The van der Waals surface area contributed by atoms with Crippen molar-refractivity contribution in [3.8, 4) is 6.07 Å². The summed E-state index contributed by atoms with van der Waals surface area (Å²) in [6.45, 7) is 1.96. The highest BCUT2D eigenvalue weighted by atomic mass is 32.2. The van der Waals surface area contributed by atoms with Crippen LogP contribution in [-0.4, -0.2) is 14.2 Å². The van der Waals surface area contributed by atoms with Crippen LogP contribution in [0.25, 0.3) is 0 Å². The summed E-state index contributed by atoms with van der Waals surface area (Å²) in [4.78, 5) is 0.459. The first-order valence-electron chi connectivity index (χ1n) is 5.83. The predicted octanol–water partition coefficient (Wildman–Crippen LogP) is 2.42. The van der Waals surface area contributed by atoms with Gasteiger partial charge in [-0.15, -0.1) is 0 Å². The summed E-state index contributed by atoms with van der Waals surface area (Å²) in [5.74, 6) is 0.111. The van der Waals surface area contributed by atoms with Gasteiger partial charge >= 0.3 is 0 Å². The second-order valence-electron chi connectivity index (χ2n) is 4.38. The molecular weight excluding hydrogens is 234 g/mol. The van der Waals surface area contributed by atoms with E-state index in [1.54, 1.807) is 12.1 Å². The van der Waals surface area contributed by atoms with Gasteiger partial charge < -0.3 is 0 Å². The highest BCUT2D eigenvalue weighted by molar-refractivity contribution is 7.91. The molecule has 4 heteroatoms. The Morgan fingerprint density at radius 2 is 2.24 bits per heavy atom. The molecule has 1 heterocycles. The van der Waals surface area contributed by atoms with E-state index in [2.05, 4.69) is 6.07 Å². The number of rotatable bonds is 2. The SMILES string of the molecule is CCC(C#N)c1ccc2c(c1)CCCS2(=O)=O. The zero-order valence-electron chi connectivity index (χ0n) is 9.81. The molecule has 1 aliphatic heterocycles. The van der Waals surface area contributed by atoms with Gasteiger partial charge in [0.1, 0.15) is 0 Å². The first kappa shape index (κ1) is 12.1. The van der Waals surface area contributed by atoms with Gasteiger partial charge in [-0.25, -0.2) is 8.42 Å². The van der Waals surface area contributed by atoms with E-state index in [0.717, 1.165) is 24.0 Å². The van der Waals surface area contributed by atoms with E-state index in [0.29, 0.717) is 11.3 Å². The van der Waals surface area contributed by atoms with E-state index in [9.17, 15) is 8.42 Å². The number of nitriles is 1. The van der Waals surface area contributed by atoms with Crippen molar-refractivity contribution in [2.75, 3.05) is 5.75 Å². The summed E-state index contributed by atoms with van der Waals surface area (Å²) < 4.78 is 23.7. The molecule has 0 N–H and O–H groups in total. The fraction of sp³-hybridized carbons (Fsp3) is 0.462. The molecule has 90 valence electrons. The quantitative estimate of drug-likeness (QED) is 0.808. The highest BCUT2D eigenvalue weighted by Gasteiger charge is 2.24. The van der Waals surface area contributed by atoms with Gasteiger partial charge in [-0.3, -0.25) is 0 Å². The highest BCUT2D eigenvalue weighted by Crippen LogP contribution is 2.29. The molecule has 0 amide bonds. The van der Waals surface area contributed by atoms with E-state index in [-0.39, 0.29) is 11.7 Å². The van der Waals surface area contributed by atoms with Crippen LogP contribution in [0.5, 0.6) is 0 Å². The van der Waals surface area contributed by atoms with Gasteiger partial charge in [0.2, 0.25) is 0 Å². The van der Waals surface area contributed by atoms with Crippen LogP contribution >= 0.6 is 0 Å². The molecule has 0 radical (unpaired) electrons. The molecule has 3 nitrogen and oxygen atoms in total. The second-order valence-corrected chi connectivity index (χ2v) is 6.46. The molecule has 0 saturated heterocycles. The molecule has 1 atom stereocenters. The average molecular weight is 249 g/mol. The minimum atomic E-state index is -3.08. The van der Waals surface area contributed by atoms with Crippen molar-refractivity contribution in [2.24, 2.45) is 0 Å². The Labute approximate surface area is 102 Å². The minimum Gasteiger partial charge on any atom is -0.224 e. The standard InChI is InChI=1S/C13H15NO2S/c1-2-10(9-14)11-5-6-13-12(8-11)4-3-7-17(13,15)16/h5-6,8,10H,2-4,7H2,1H3. The number of nitrogens with zero attached hydrogens (tertiary/aromatic N) is 1. The minimum absolute atomic E-state index is 0.134. The summed E-state index contributed by atoms with van der Waals surface area (Å²) in [5, 5.41) is 9.02. The van der Waals surface area contributed by atoms with Gasteiger partial charge in [0.25, 0.3) is 0 Å². The van der Waals surface area contributed by atoms with Crippen molar-refractivity contribution in [2.45, 2.75) is 37.0 Å². The smallest absolute Gasteiger partial charge is 0.178 e. The Hall–Kier alpha value is -1.34. The van der Waals surface area contributed by atoms with Crippen molar-refractivity contribution in [1.82, 2.24) is 0 Å². The van der Waals surface area contributed by atoms with E-state index in [1.165, 1.54) is 0 Å². The summed E-state index contributed by atoms with van der Waals surface area (Å²) in [6.07, 6.45) is 2.23. The van der Waals surface area contributed by atoms with Crippen LogP contribution in [0.4, 0.5) is 0 Å². The average Bonchev–Trinajstić information content (AvgIpc) is 2.30. The van der Waals surface area contributed by atoms with Gasteiger partial charge in [-0.2, -0.15) is 5.26 Å². The lowest BCUT2D eigenvalue weighted by atomic mass is 9.95. The van der Waals surface area contributed by atoms with Gasteiger partial charge in [-0.1, -0.05) is 19.1 Å². The molecule has 0 bridgehead atoms. The van der Waals surface area contributed by atoms with Crippen LogP contribution in [0.2, 0.25) is 0 Å². The summed E-state index contributed by atoms with van der Waals surface area (Å²) in [5.41, 5.74) is 1.81. The van der Waals surface area contributed by atoms with E-state index >= 15 is 0 Å². The van der Waals surface area contributed by atoms with Gasteiger partial charge in [0.05, 0.1) is 22.6 Å². The molecule has 0 saturated carbocycles. The molecule has 1 aromatic rings. The maximum Gasteiger partial charge on any atom is 0.178 e. The molecule has 2 rings (SSSR count). The van der Waals surface area contributed by atoms with Crippen LogP contribution in [0.15, 0.2) is 23.1 Å². The fourth-order valence-electron chi connectivity index (χ4n) is 2.28. The molecule has 0 fully saturated rings. The molecule has 1 aliphatic rings. The van der Waals surface area contributed by atoms with Gasteiger partial charge in [-0.05, 0) is 36.5 Å². The molecule has 0 spiro atoms. The van der Waals surface area contributed by atoms with Crippen molar-refractivity contribution < 1.29 is 8.42 Å². The van der Waals surface area contributed by atoms with Crippen molar-refractivity contribution in [3.63, 3.8) is 0 Å². The zero-order chi connectivity index (χ0) is 12.5. The predicted molar refractivity (Wildman–Crippen MR) is 65.5 cm³/mol. The number of sulfone groups is 1. The van der Waals surface area contributed by atoms with Crippen molar-refractivity contribution in [3.05, 3.63) is 29.3 Å². The van der Waals surface area contributed by atoms with Crippen LogP contribution in [0.1, 0.15) is 36.8 Å². The van der Waals surface area contributed by atoms with Crippen molar-refractivity contribution in [1.29, 1.82) is 5.26 Å². The topological polar surface area (TPSA) is 57.9 Å². The fourth-order valence-corrected chi connectivity index (χ4v) is 3.86.